The number of rotatable bonds is 8. The lowest BCUT2D eigenvalue weighted by atomic mass is 10.1. The molecule has 0 spiro atoms. The van der Waals surface area contributed by atoms with Crippen molar-refractivity contribution in [3.8, 4) is 0 Å². The monoisotopic (exact) mass is 401 g/mol. The summed E-state index contributed by atoms with van der Waals surface area (Å²) in [6.07, 6.45) is 1.94. The quantitative estimate of drug-likeness (QED) is 0.539. The zero-order chi connectivity index (χ0) is 20.8. The lowest BCUT2D eigenvalue weighted by Gasteiger charge is -2.25. The summed E-state index contributed by atoms with van der Waals surface area (Å²) in [5.41, 5.74) is 1.54. The van der Waals surface area contributed by atoms with E-state index in [4.69, 9.17) is 4.74 Å². The fourth-order valence-corrected chi connectivity index (χ4v) is 3.50. The van der Waals surface area contributed by atoms with Gasteiger partial charge in [-0.15, -0.1) is 0 Å². The normalized spacial score (nSPS) is 16.2. The second-order valence-electron chi connectivity index (χ2n) is 7.19. The van der Waals surface area contributed by atoms with Crippen molar-refractivity contribution >= 4 is 17.3 Å². The van der Waals surface area contributed by atoms with E-state index in [0.29, 0.717) is 30.9 Å². The van der Waals surface area contributed by atoms with Gasteiger partial charge in [0.2, 0.25) is 5.91 Å². The highest BCUT2D eigenvalue weighted by Gasteiger charge is 2.22. The van der Waals surface area contributed by atoms with E-state index >= 15 is 0 Å². The highest BCUT2D eigenvalue weighted by molar-refractivity contribution is 5.93. The van der Waals surface area contributed by atoms with E-state index in [1.165, 1.54) is 24.3 Å². The average molecular weight is 401 g/mol. The van der Waals surface area contributed by atoms with Crippen LogP contribution in [0, 0.1) is 22.9 Å². The maximum absolute atomic E-state index is 13.5. The van der Waals surface area contributed by atoms with Crippen LogP contribution in [-0.4, -0.2) is 41.5 Å². The van der Waals surface area contributed by atoms with Crippen LogP contribution >= 0.6 is 0 Å². The molecule has 0 saturated carbocycles. The molecule has 0 radical (unpaired) electrons. The van der Waals surface area contributed by atoms with Gasteiger partial charge in [-0.3, -0.25) is 19.8 Å². The van der Waals surface area contributed by atoms with Gasteiger partial charge in [-0.05, 0) is 43.5 Å². The van der Waals surface area contributed by atoms with Gasteiger partial charge >= 0.3 is 0 Å². The molecule has 2 aromatic carbocycles. The maximum Gasteiger partial charge on any atom is 0.274 e. The van der Waals surface area contributed by atoms with E-state index in [1.807, 2.05) is 11.0 Å². The third-order valence-electron chi connectivity index (χ3n) is 4.92. The van der Waals surface area contributed by atoms with Gasteiger partial charge < -0.3 is 10.1 Å². The standard InChI is InChI=1S/C21H24FN3O4/c1-15-19(8-3-9-20(15)25(27)28)23-21(26)14-24(13-18-7-4-10-29-18)12-16-5-2-6-17(22)11-16/h2-3,5-6,8-9,11,18H,4,7,10,12-14H2,1H3,(H,23,26). The minimum Gasteiger partial charge on any atom is -0.377 e. The average Bonchev–Trinajstić information content (AvgIpc) is 3.16. The molecule has 0 aliphatic carbocycles. The Bertz CT molecular complexity index is 884. The Kier molecular flexibility index (Phi) is 6.90. The van der Waals surface area contributed by atoms with Crippen LogP contribution in [0.2, 0.25) is 0 Å². The van der Waals surface area contributed by atoms with Gasteiger partial charge in [0, 0.05) is 25.8 Å². The third kappa shape index (κ3) is 5.82. The van der Waals surface area contributed by atoms with E-state index in [2.05, 4.69) is 5.32 Å². The molecule has 2 aromatic rings. The number of benzene rings is 2. The fourth-order valence-electron chi connectivity index (χ4n) is 3.50. The highest BCUT2D eigenvalue weighted by Crippen LogP contribution is 2.25. The predicted octanol–water partition coefficient (Wildman–Crippen LogP) is 3.66. The molecule has 154 valence electrons. The molecule has 0 bridgehead atoms. The molecular formula is C21H24FN3O4. The molecule has 1 fully saturated rings. The van der Waals surface area contributed by atoms with Crippen LogP contribution in [0.4, 0.5) is 15.8 Å². The highest BCUT2D eigenvalue weighted by atomic mass is 19.1. The van der Waals surface area contributed by atoms with Gasteiger partial charge in [-0.2, -0.15) is 0 Å². The van der Waals surface area contributed by atoms with E-state index in [0.717, 1.165) is 18.4 Å². The number of nitrogens with zero attached hydrogens (tertiary/aromatic N) is 2. The molecule has 1 amide bonds. The largest absolute Gasteiger partial charge is 0.377 e. The Labute approximate surface area is 168 Å². The minimum absolute atomic E-state index is 0.0379. The summed E-state index contributed by atoms with van der Waals surface area (Å²) in [5, 5.41) is 13.9. The summed E-state index contributed by atoms with van der Waals surface area (Å²) >= 11 is 0. The zero-order valence-corrected chi connectivity index (χ0v) is 16.3. The van der Waals surface area contributed by atoms with E-state index in [1.54, 1.807) is 19.1 Å². The second kappa shape index (κ2) is 9.58. The van der Waals surface area contributed by atoms with Crippen LogP contribution in [0.3, 0.4) is 0 Å². The van der Waals surface area contributed by atoms with Gasteiger partial charge in [0.1, 0.15) is 5.82 Å². The summed E-state index contributed by atoms with van der Waals surface area (Å²) in [7, 11) is 0. The number of halogens is 1. The van der Waals surface area contributed by atoms with Crippen LogP contribution in [0.5, 0.6) is 0 Å². The van der Waals surface area contributed by atoms with Crippen LogP contribution in [0.15, 0.2) is 42.5 Å². The number of hydrogen-bond donors (Lipinski definition) is 1. The molecule has 29 heavy (non-hydrogen) atoms. The van der Waals surface area contributed by atoms with Crippen molar-refractivity contribution in [3.05, 3.63) is 69.5 Å². The first-order chi connectivity index (χ1) is 13.9. The number of nitrogens with one attached hydrogen (secondary N) is 1. The number of carbonyl (C=O) groups excluding carboxylic acids is 1. The van der Waals surface area contributed by atoms with E-state index in [9.17, 15) is 19.3 Å². The minimum atomic E-state index is -0.474. The number of ether oxygens (including phenoxy) is 1. The van der Waals surface area contributed by atoms with E-state index in [-0.39, 0.29) is 30.1 Å². The van der Waals surface area contributed by atoms with Gasteiger partial charge in [-0.1, -0.05) is 18.2 Å². The molecule has 0 aromatic heterocycles. The van der Waals surface area contributed by atoms with Crippen molar-refractivity contribution < 1.29 is 18.8 Å². The van der Waals surface area contributed by atoms with Gasteiger partial charge in [0.15, 0.2) is 0 Å². The van der Waals surface area contributed by atoms with Crippen molar-refractivity contribution in [2.24, 2.45) is 0 Å². The summed E-state index contributed by atoms with van der Waals surface area (Å²) in [6.45, 7) is 3.33. The van der Waals surface area contributed by atoms with Gasteiger partial charge in [0.05, 0.1) is 28.8 Å². The SMILES string of the molecule is Cc1c(NC(=O)CN(Cc2cccc(F)c2)CC2CCCO2)cccc1[N+](=O)[O-]. The molecule has 3 rings (SSSR count). The Morgan fingerprint density at radius 3 is 2.83 bits per heavy atom. The topological polar surface area (TPSA) is 84.7 Å². The van der Waals surface area contributed by atoms with Crippen molar-refractivity contribution in [3.63, 3.8) is 0 Å². The number of hydrogen-bond acceptors (Lipinski definition) is 5. The Hall–Kier alpha value is -2.84. The fraction of sp³-hybridized carbons (Fsp3) is 0.381. The van der Waals surface area contributed by atoms with Crippen molar-refractivity contribution in [1.29, 1.82) is 0 Å². The molecule has 1 N–H and O–H groups in total. The first-order valence-corrected chi connectivity index (χ1v) is 9.54. The molecule has 1 aliphatic rings. The molecule has 1 atom stereocenters. The maximum atomic E-state index is 13.5. The number of nitro groups is 1. The smallest absolute Gasteiger partial charge is 0.274 e. The molecule has 1 aliphatic heterocycles. The summed E-state index contributed by atoms with van der Waals surface area (Å²) < 4.78 is 19.2. The number of anilines is 1. The molecule has 8 heteroatoms. The molecule has 1 unspecified atom stereocenters. The Morgan fingerprint density at radius 1 is 1.34 bits per heavy atom. The van der Waals surface area contributed by atoms with Crippen LogP contribution < -0.4 is 5.32 Å². The second-order valence-corrected chi connectivity index (χ2v) is 7.19. The summed E-state index contributed by atoms with van der Waals surface area (Å²) in [5.74, 6) is -0.612. The lowest BCUT2D eigenvalue weighted by Crippen LogP contribution is -2.38. The third-order valence-corrected chi connectivity index (χ3v) is 4.92. The van der Waals surface area contributed by atoms with Gasteiger partial charge in [-0.25, -0.2) is 4.39 Å². The van der Waals surface area contributed by atoms with Gasteiger partial charge in [0.25, 0.3) is 5.69 Å². The van der Waals surface area contributed by atoms with Crippen molar-refractivity contribution in [2.45, 2.75) is 32.4 Å². The molecule has 1 heterocycles. The van der Waals surface area contributed by atoms with Crippen molar-refractivity contribution in [1.82, 2.24) is 4.90 Å². The van der Waals surface area contributed by atoms with Crippen LogP contribution in [0.25, 0.3) is 0 Å². The molecular weight excluding hydrogens is 377 g/mol. The Balaban J connectivity index is 1.70. The number of amides is 1. The number of carbonyl (C=O) groups is 1. The Morgan fingerprint density at radius 2 is 2.14 bits per heavy atom. The first-order valence-electron chi connectivity index (χ1n) is 9.54. The first kappa shape index (κ1) is 20.9. The lowest BCUT2D eigenvalue weighted by molar-refractivity contribution is -0.385. The summed E-state index contributed by atoms with van der Waals surface area (Å²) in [6, 6.07) is 10.9. The molecule has 7 nitrogen and oxygen atoms in total. The van der Waals surface area contributed by atoms with Crippen LogP contribution in [-0.2, 0) is 16.1 Å². The number of nitro benzene ring substituents is 1. The zero-order valence-electron chi connectivity index (χ0n) is 16.3. The van der Waals surface area contributed by atoms with Crippen LogP contribution in [0.1, 0.15) is 24.0 Å². The molecule has 1 saturated heterocycles. The van der Waals surface area contributed by atoms with E-state index < -0.39 is 4.92 Å². The predicted molar refractivity (Wildman–Crippen MR) is 107 cm³/mol. The summed E-state index contributed by atoms with van der Waals surface area (Å²) in [4.78, 5) is 25.2. The van der Waals surface area contributed by atoms with Crippen molar-refractivity contribution in [2.75, 3.05) is 25.0 Å².